The summed E-state index contributed by atoms with van der Waals surface area (Å²) in [5.74, 6) is 3.05. The highest BCUT2D eigenvalue weighted by Crippen LogP contribution is 2.19. The smallest absolute Gasteiger partial charge is 0.0824 e. The van der Waals surface area contributed by atoms with Crippen LogP contribution in [0.4, 0.5) is 0 Å². The summed E-state index contributed by atoms with van der Waals surface area (Å²) in [4.78, 5) is 0. The third kappa shape index (κ3) is 5.03. The Balaban J connectivity index is 2.46. The fraction of sp³-hybridized carbons (Fsp3) is 0.600. The molecule has 0 radical (unpaired) electrons. The van der Waals surface area contributed by atoms with Gasteiger partial charge in [-0.2, -0.15) is 0 Å². The maximum atomic E-state index is 5.48. The number of hydrogen-bond acceptors (Lipinski definition) is 2. The minimum Gasteiger partial charge on any atom is -0.376 e. The Bertz CT molecular complexity index is 341. The minimum absolute atomic E-state index is 0.247. The summed E-state index contributed by atoms with van der Waals surface area (Å²) >= 11 is 2.47. The van der Waals surface area contributed by atoms with Gasteiger partial charge in [0.05, 0.1) is 10.2 Å². The van der Waals surface area contributed by atoms with Crippen LogP contribution in [0.1, 0.15) is 39.5 Å². The topological polar surface area (TPSA) is 24.1 Å². The predicted molar refractivity (Wildman–Crippen MR) is 87.2 cm³/mol. The highest BCUT2D eigenvalue weighted by Gasteiger charge is 2.19. The van der Waals surface area contributed by atoms with Crippen molar-refractivity contribution in [3.63, 3.8) is 0 Å². The van der Waals surface area contributed by atoms with Gasteiger partial charge in [0.25, 0.3) is 0 Å². The van der Waals surface area contributed by atoms with Crippen LogP contribution in [0.25, 0.3) is 0 Å². The largest absolute Gasteiger partial charge is 0.376 e. The van der Waals surface area contributed by atoms with Crippen LogP contribution in [-0.4, -0.2) is 10.2 Å². The lowest BCUT2D eigenvalue weighted by atomic mass is 10.0. The van der Waals surface area contributed by atoms with Gasteiger partial charge in [-0.25, -0.2) is 0 Å². The third-order valence-electron chi connectivity index (χ3n) is 3.19. The molecule has 0 saturated carbocycles. The number of halogens is 1. The number of allylic oxidation sites excluding steroid dienone is 2. The molecule has 0 aromatic carbocycles. The number of alkyl halides is 1. The second-order valence-corrected chi connectivity index (χ2v) is 5.83. The van der Waals surface area contributed by atoms with E-state index in [0.29, 0.717) is 4.05 Å². The van der Waals surface area contributed by atoms with Crippen molar-refractivity contribution in [1.82, 2.24) is 10.6 Å². The molecule has 100 valence electrons. The SMILES string of the molecule is C#C[C@H]1C=CN[C@@H](NC(I)/C(=C/C)CCCC)C1. The molecule has 1 rings (SSSR count). The van der Waals surface area contributed by atoms with Crippen LogP contribution in [0.3, 0.4) is 0 Å². The van der Waals surface area contributed by atoms with Gasteiger partial charge in [-0.15, -0.1) is 6.42 Å². The summed E-state index contributed by atoms with van der Waals surface area (Å²) in [5, 5.41) is 6.93. The van der Waals surface area contributed by atoms with E-state index >= 15 is 0 Å². The normalized spacial score (nSPS) is 25.3. The van der Waals surface area contributed by atoms with Crippen molar-refractivity contribution in [1.29, 1.82) is 0 Å². The molecule has 1 aliphatic heterocycles. The highest BCUT2D eigenvalue weighted by atomic mass is 127. The highest BCUT2D eigenvalue weighted by molar-refractivity contribution is 14.1. The zero-order chi connectivity index (χ0) is 13.4. The number of hydrogen-bond donors (Lipinski definition) is 2. The van der Waals surface area contributed by atoms with Crippen LogP contribution in [0.15, 0.2) is 23.9 Å². The number of rotatable bonds is 6. The molecule has 18 heavy (non-hydrogen) atoms. The van der Waals surface area contributed by atoms with E-state index in [1.165, 1.54) is 24.8 Å². The number of nitrogens with one attached hydrogen (secondary N) is 2. The van der Waals surface area contributed by atoms with E-state index in [9.17, 15) is 0 Å². The molecule has 3 heteroatoms. The zero-order valence-corrected chi connectivity index (χ0v) is 13.4. The van der Waals surface area contributed by atoms with Crippen molar-refractivity contribution in [2.45, 2.75) is 49.7 Å². The fourth-order valence-corrected chi connectivity index (χ4v) is 3.12. The summed E-state index contributed by atoms with van der Waals surface area (Å²) in [5.41, 5.74) is 1.48. The first kappa shape index (κ1) is 15.6. The minimum atomic E-state index is 0.247. The van der Waals surface area contributed by atoms with Crippen LogP contribution in [0.5, 0.6) is 0 Å². The molecule has 0 amide bonds. The third-order valence-corrected chi connectivity index (χ3v) is 4.35. The second kappa shape index (κ2) is 8.60. The van der Waals surface area contributed by atoms with E-state index in [2.05, 4.69) is 59.1 Å². The molecule has 0 aliphatic carbocycles. The van der Waals surface area contributed by atoms with Crippen LogP contribution in [-0.2, 0) is 0 Å². The van der Waals surface area contributed by atoms with E-state index in [0.717, 1.165) is 6.42 Å². The lowest BCUT2D eigenvalue weighted by Crippen LogP contribution is -2.46. The standard InChI is InChI=1S/C15H23IN2/c1-4-7-8-13(6-3)15(16)18-14-11-12(5-2)9-10-17-14/h2,6,9-10,12,14-15,17-18H,4,7-8,11H2,1,3H3/b13-6+/t12-,14-,15?/m0/s1. The fourth-order valence-electron chi connectivity index (χ4n) is 2.01. The van der Waals surface area contributed by atoms with Crippen molar-refractivity contribution in [3.8, 4) is 12.3 Å². The summed E-state index contributed by atoms with van der Waals surface area (Å²) < 4.78 is 0.376. The average Bonchev–Trinajstić information content (AvgIpc) is 2.40. The number of unbranched alkanes of at least 4 members (excludes halogenated alkanes) is 1. The summed E-state index contributed by atoms with van der Waals surface area (Å²) in [6, 6.07) is 0. The molecule has 1 unspecified atom stereocenters. The summed E-state index contributed by atoms with van der Waals surface area (Å²) in [7, 11) is 0. The molecule has 2 nitrogen and oxygen atoms in total. The number of terminal acetylenes is 1. The van der Waals surface area contributed by atoms with Gasteiger partial charge in [0, 0.05) is 5.92 Å². The Morgan fingerprint density at radius 1 is 1.72 bits per heavy atom. The van der Waals surface area contributed by atoms with Gasteiger partial charge in [-0.05, 0) is 38.0 Å². The van der Waals surface area contributed by atoms with Crippen molar-refractivity contribution in [3.05, 3.63) is 23.9 Å². The van der Waals surface area contributed by atoms with Crippen LogP contribution >= 0.6 is 22.6 Å². The molecular formula is C15H23IN2. The van der Waals surface area contributed by atoms with Gasteiger partial charge in [-0.1, -0.05) is 54.0 Å². The van der Waals surface area contributed by atoms with Gasteiger partial charge in [0.2, 0.25) is 0 Å². The molecule has 0 fully saturated rings. The lowest BCUT2D eigenvalue weighted by molar-refractivity contribution is 0.411. The van der Waals surface area contributed by atoms with Crippen molar-refractivity contribution >= 4 is 22.6 Å². The van der Waals surface area contributed by atoms with Crippen molar-refractivity contribution in [2.24, 2.45) is 5.92 Å². The van der Waals surface area contributed by atoms with Crippen molar-refractivity contribution in [2.75, 3.05) is 0 Å². The monoisotopic (exact) mass is 358 g/mol. The molecular weight excluding hydrogens is 335 g/mol. The van der Waals surface area contributed by atoms with Crippen LogP contribution < -0.4 is 10.6 Å². The average molecular weight is 358 g/mol. The second-order valence-electron chi connectivity index (χ2n) is 4.58. The molecule has 0 bridgehead atoms. The first-order chi connectivity index (χ1) is 8.71. The maximum Gasteiger partial charge on any atom is 0.0824 e. The molecule has 2 N–H and O–H groups in total. The van der Waals surface area contributed by atoms with E-state index in [1.54, 1.807) is 0 Å². The maximum absolute atomic E-state index is 5.48. The van der Waals surface area contributed by atoms with E-state index in [-0.39, 0.29) is 12.1 Å². The molecule has 0 spiro atoms. The molecule has 0 aromatic heterocycles. The first-order valence-electron chi connectivity index (χ1n) is 6.65. The van der Waals surface area contributed by atoms with Gasteiger partial charge in [0.15, 0.2) is 0 Å². The Morgan fingerprint density at radius 3 is 3.11 bits per heavy atom. The van der Waals surface area contributed by atoms with Crippen LogP contribution in [0.2, 0.25) is 0 Å². The van der Waals surface area contributed by atoms with E-state index in [1.807, 2.05) is 12.3 Å². The van der Waals surface area contributed by atoms with Crippen molar-refractivity contribution < 1.29 is 0 Å². The first-order valence-corrected chi connectivity index (χ1v) is 7.89. The quantitative estimate of drug-likeness (QED) is 0.249. The Kier molecular flexibility index (Phi) is 7.45. The molecule has 3 atom stereocenters. The predicted octanol–water partition coefficient (Wildman–Crippen LogP) is 3.56. The van der Waals surface area contributed by atoms with Crippen LogP contribution in [0, 0.1) is 18.3 Å². The van der Waals surface area contributed by atoms with Gasteiger partial charge >= 0.3 is 0 Å². The molecule has 0 aromatic rings. The Morgan fingerprint density at radius 2 is 2.50 bits per heavy atom. The van der Waals surface area contributed by atoms with Gasteiger partial charge in [0.1, 0.15) is 0 Å². The molecule has 0 saturated heterocycles. The zero-order valence-electron chi connectivity index (χ0n) is 11.2. The van der Waals surface area contributed by atoms with E-state index < -0.39 is 0 Å². The Hall–Kier alpha value is -0.470. The van der Waals surface area contributed by atoms with Gasteiger partial charge in [-0.3, -0.25) is 5.32 Å². The van der Waals surface area contributed by atoms with E-state index in [4.69, 9.17) is 6.42 Å². The van der Waals surface area contributed by atoms with Gasteiger partial charge < -0.3 is 5.32 Å². The molecule has 1 aliphatic rings. The lowest BCUT2D eigenvalue weighted by Gasteiger charge is -2.28. The summed E-state index contributed by atoms with van der Waals surface area (Å²) in [6.45, 7) is 4.35. The Labute approximate surface area is 125 Å². The molecule has 1 heterocycles. The summed E-state index contributed by atoms with van der Waals surface area (Å²) in [6.07, 6.45) is 16.6.